The van der Waals surface area contributed by atoms with E-state index in [1.165, 1.54) is 16.1 Å². The molecule has 1 N–H and O–H groups in total. The Hall–Kier alpha value is -2.44. The first-order valence-electron chi connectivity index (χ1n) is 11.9. The molecule has 0 spiro atoms. The molecule has 0 saturated heterocycles. The van der Waals surface area contributed by atoms with E-state index < -0.39 is 10.0 Å². The number of carbonyl (C=O) groups is 1. The van der Waals surface area contributed by atoms with Gasteiger partial charge in [0.1, 0.15) is 0 Å². The average Bonchev–Trinajstić information content (AvgIpc) is 3.30. The number of carbonyl (C=O) groups excluding carboxylic acids is 1. The summed E-state index contributed by atoms with van der Waals surface area (Å²) in [4.78, 5) is 12.9. The Morgan fingerprint density at radius 3 is 2.59 bits per heavy atom. The van der Waals surface area contributed by atoms with Crippen molar-refractivity contribution in [1.82, 2.24) is 19.1 Å². The maximum atomic E-state index is 13.1. The van der Waals surface area contributed by atoms with Gasteiger partial charge in [0, 0.05) is 36.5 Å². The minimum Gasteiger partial charge on any atom is -0.383 e. The summed E-state index contributed by atoms with van der Waals surface area (Å²) in [5.41, 5.74) is 2.16. The summed E-state index contributed by atoms with van der Waals surface area (Å²) in [5.74, 6) is 0.382. The van der Waals surface area contributed by atoms with Gasteiger partial charge >= 0.3 is 0 Å². The van der Waals surface area contributed by atoms with Crippen LogP contribution in [-0.2, 0) is 19.6 Å². The van der Waals surface area contributed by atoms with Gasteiger partial charge in [0.15, 0.2) is 11.0 Å². The molecule has 1 amide bonds. The molecule has 12 heteroatoms. The van der Waals surface area contributed by atoms with Crippen LogP contribution in [0.1, 0.15) is 32.4 Å². The van der Waals surface area contributed by atoms with E-state index in [9.17, 15) is 13.2 Å². The number of methoxy groups -OCH3 is 1. The third-order valence-electron chi connectivity index (χ3n) is 5.75. The van der Waals surface area contributed by atoms with Crippen LogP contribution in [0.15, 0.2) is 52.5 Å². The lowest BCUT2D eigenvalue weighted by Gasteiger charge is -2.20. The number of nitrogens with zero attached hydrogens (tertiary/aromatic N) is 4. The highest BCUT2D eigenvalue weighted by molar-refractivity contribution is 7.99. The summed E-state index contributed by atoms with van der Waals surface area (Å²) in [6.45, 7) is 8.59. The smallest absolute Gasteiger partial charge is 0.243 e. The molecule has 0 radical (unpaired) electrons. The van der Waals surface area contributed by atoms with Crippen LogP contribution in [0.5, 0.6) is 0 Å². The first-order valence-corrected chi connectivity index (χ1v) is 14.7. The van der Waals surface area contributed by atoms with Gasteiger partial charge in [-0.25, -0.2) is 8.42 Å². The zero-order valence-electron chi connectivity index (χ0n) is 21.6. The zero-order chi connectivity index (χ0) is 27.2. The van der Waals surface area contributed by atoms with E-state index in [1.54, 1.807) is 57.4 Å². The molecule has 0 aliphatic rings. The Balaban J connectivity index is 1.90. The van der Waals surface area contributed by atoms with Crippen molar-refractivity contribution in [2.45, 2.75) is 43.8 Å². The number of anilines is 1. The zero-order valence-corrected chi connectivity index (χ0v) is 24.0. The van der Waals surface area contributed by atoms with Gasteiger partial charge in [-0.15, -0.1) is 10.2 Å². The van der Waals surface area contributed by atoms with Crippen LogP contribution in [0.3, 0.4) is 0 Å². The van der Waals surface area contributed by atoms with E-state index in [0.29, 0.717) is 47.0 Å². The first-order chi connectivity index (χ1) is 17.6. The van der Waals surface area contributed by atoms with Gasteiger partial charge in [-0.2, -0.15) is 4.31 Å². The quantitative estimate of drug-likeness (QED) is 0.312. The van der Waals surface area contributed by atoms with Gasteiger partial charge in [0.25, 0.3) is 0 Å². The van der Waals surface area contributed by atoms with E-state index in [2.05, 4.69) is 15.5 Å². The highest BCUT2D eigenvalue weighted by Crippen LogP contribution is 2.30. The largest absolute Gasteiger partial charge is 0.383 e. The molecule has 1 atom stereocenters. The van der Waals surface area contributed by atoms with E-state index in [1.807, 2.05) is 24.5 Å². The summed E-state index contributed by atoms with van der Waals surface area (Å²) in [5, 5.41) is 12.6. The molecule has 0 aliphatic carbocycles. The molecule has 0 aliphatic heterocycles. The van der Waals surface area contributed by atoms with E-state index in [0.717, 1.165) is 5.56 Å². The molecule has 200 valence electrons. The van der Waals surface area contributed by atoms with Crippen molar-refractivity contribution in [3.63, 3.8) is 0 Å². The number of ether oxygens (including phenoxy) is 1. The molecule has 0 fully saturated rings. The number of aryl methyl sites for hydroxylation is 1. The van der Waals surface area contributed by atoms with Crippen LogP contribution >= 0.6 is 23.4 Å². The van der Waals surface area contributed by atoms with Gasteiger partial charge in [0.2, 0.25) is 15.9 Å². The van der Waals surface area contributed by atoms with Crippen LogP contribution in [0.2, 0.25) is 5.02 Å². The molecule has 0 unspecified atom stereocenters. The number of amides is 1. The maximum absolute atomic E-state index is 13.1. The summed E-state index contributed by atoms with van der Waals surface area (Å²) in [6.07, 6.45) is 0. The minimum absolute atomic E-state index is 0.0974. The number of hydrogen-bond donors (Lipinski definition) is 1. The Morgan fingerprint density at radius 2 is 1.92 bits per heavy atom. The van der Waals surface area contributed by atoms with Gasteiger partial charge < -0.3 is 10.1 Å². The lowest BCUT2D eigenvalue weighted by Crippen LogP contribution is -2.30. The van der Waals surface area contributed by atoms with Crippen molar-refractivity contribution >= 4 is 45.0 Å². The Labute approximate surface area is 227 Å². The van der Waals surface area contributed by atoms with E-state index >= 15 is 0 Å². The molecule has 0 bridgehead atoms. The topological polar surface area (TPSA) is 106 Å². The normalized spacial score (nSPS) is 12.6. The highest BCUT2D eigenvalue weighted by atomic mass is 35.5. The van der Waals surface area contributed by atoms with E-state index in [-0.39, 0.29) is 22.6 Å². The number of halogens is 1. The van der Waals surface area contributed by atoms with E-state index in [4.69, 9.17) is 16.3 Å². The fraction of sp³-hybridized carbons (Fsp3) is 0.400. The second-order valence-corrected chi connectivity index (χ2v) is 11.7. The van der Waals surface area contributed by atoms with Crippen molar-refractivity contribution in [1.29, 1.82) is 0 Å². The molecule has 37 heavy (non-hydrogen) atoms. The summed E-state index contributed by atoms with van der Waals surface area (Å²) >= 11 is 7.30. The highest BCUT2D eigenvalue weighted by Gasteiger charge is 2.24. The number of benzene rings is 2. The van der Waals surface area contributed by atoms with Crippen LogP contribution in [-0.4, -0.2) is 66.0 Å². The lowest BCUT2D eigenvalue weighted by atomic mass is 10.2. The van der Waals surface area contributed by atoms with Crippen molar-refractivity contribution in [2.75, 3.05) is 37.9 Å². The predicted molar refractivity (Wildman–Crippen MR) is 148 cm³/mol. The SMILES string of the molecule is CCN(CC)S(=O)(=O)c1cccc(-c2nnc(SCC(=O)Nc3cc(Cl)ccc3C)n2[C@H](C)COC)c1. The molecule has 1 heterocycles. The van der Waals surface area contributed by atoms with Gasteiger partial charge in [-0.3, -0.25) is 9.36 Å². The molecule has 1 aromatic heterocycles. The average molecular weight is 566 g/mol. The third kappa shape index (κ3) is 6.91. The second kappa shape index (κ2) is 12.9. The molecule has 3 rings (SSSR count). The minimum atomic E-state index is -3.64. The third-order valence-corrected chi connectivity index (χ3v) is 8.98. The fourth-order valence-electron chi connectivity index (χ4n) is 3.84. The number of sulfonamides is 1. The summed E-state index contributed by atoms with van der Waals surface area (Å²) in [7, 11) is -2.04. The molecular weight excluding hydrogens is 534 g/mol. The van der Waals surface area contributed by atoms with Crippen molar-refractivity contribution in [3.05, 3.63) is 53.1 Å². The second-order valence-electron chi connectivity index (χ2n) is 8.39. The van der Waals surface area contributed by atoms with Crippen LogP contribution in [0, 0.1) is 6.92 Å². The van der Waals surface area contributed by atoms with Crippen molar-refractivity contribution < 1.29 is 17.9 Å². The molecular formula is C25H32ClN5O4S2. The Bertz CT molecular complexity index is 1340. The summed E-state index contributed by atoms with van der Waals surface area (Å²) < 4.78 is 34.8. The standard InChI is InChI=1S/C25H32ClN5O4S2/c1-6-30(7-2)37(33,34)21-10-8-9-19(13-21)24-28-29-25(31(24)18(4)15-35-5)36-16-23(32)27-22-14-20(26)12-11-17(22)3/h8-14,18H,6-7,15-16H2,1-5H3,(H,27,32)/t18-/m1/s1. The van der Waals surface area contributed by atoms with Crippen molar-refractivity contribution in [2.24, 2.45) is 0 Å². The van der Waals surface area contributed by atoms with Gasteiger partial charge in [-0.05, 0) is 43.7 Å². The lowest BCUT2D eigenvalue weighted by molar-refractivity contribution is -0.113. The summed E-state index contributed by atoms with van der Waals surface area (Å²) in [6, 6.07) is 11.8. The molecule has 0 saturated carbocycles. The van der Waals surface area contributed by atoms with Crippen LogP contribution < -0.4 is 5.32 Å². The Kier molecular flexibility index (Phi) is 10.1. The van der Waals surface area contributed by atoms with Gasteiger partial charge in [0.05, 0.1) is 23.3 Å². The van der Waals surface area contributed by atoms with Crippen molar-refractivity contribution in [3.8, 4) is 11.4 Å². The number of rotatable bonds is 12. The first kappa shape index (κ1) is 29.1. The maximum Gasteiger partial charge on any atom is 0.243 e. The molecule has 9 nitrogen and oxygen atoms in total. The predicted octanol–water partition coefficient (Wildman–Crippen LogP) is 4.88. The number of thioether (sulfide) groups is 1. The number of hydrogen-bond acceptors (Lipinski definition) is 7. The number of nitrogens with one attached hydrogen (secondary N) is 1. The monoisotopic (exact) mass is 565 g/mol. The van der Waals surface area contributed by atoms with Crippen LogP contribution in [0.4, 0.5) is 5.69 Å². The molecule has 3 aromatic rings. The Morgan fingerprint density at radius 1 is 1.19 bits per heavy atom. The molecule has 2 aromatic carbocycles. The fourth-order valence-corrected chi connectivity index (χ4v) is 6.35. The van der Waals surface area contributed by atoms with Gasteiger partial charge in [-0.1, -0.05) is 55.4 Å². The van der Waals surface area contributed by atoms with Crippen LogP contribution in [0.25, 0.3) is 11.4 Å². The number of aromatic nitrogens is 3.